The second kappa shape index (κ2) is 9.34. The van der Waals surface area contributed by atoms with Crippen LogP contribution in [0.2, 0.25) is 0 Å². The maximum Gasteiger partial charge on any atom is 0.238 e. The first-order chi connectivity index (χ1) is 12.0. The zero-order valence-electron chi connectivity index (χ0n) is 15.0. The lowest BCUT2D eigenvalue weighted by Gasteiger charge is -2.21. The number of rotatable bonds is 8. The van der Waals surface area contributed by atoms with Crippen molar-refractivity contribution in [3.05, 3.63) is 52.2 Å². The van der Waals surface area contributed by atoms with Crippen LogP contribution in [-0.4, -0.2) is 48.8 Å². The van der Waals surface area contributed by atoms with Crippen molar-refractivity contribution in [3.63, 3.8) is 0 Å². The van der Waals surface area contributed by atoms with Gasteiger partial charge in [0.2, 0.25) is 11.8 Å². The smallest absolute Gasteiger partial charge is 0.238 e. The molecule has 0 atom stereocenters. The molecule has 0 aliphatic heterocycles. The lowest BCUT2D eigenvalue weighted by Crippen LogP contribution is -2.39. The highest BCUT2D eigenvalue weighted by Crippen LogP contribution is 2.15. The summed E-state index contributed by atoms with van der Waals surface area (Å²) in [6.07, 6.45) is 0.859. The first-order valence-electron chi connectivity index (χ1n) is 8.32. The van der Waals surface area contributed by atoms with Gasteiger partial charge in [-0.15, -0.1) is 11.3 Å². The third-order valence-electron chi connectivity index (χ3n) is 3.89. The van der Waals surface area contributed by atoms with Gasteiger partial charge in [0.05, 0.1) is 19.6 Å². The van der Waals surface area contributed by atoms with E-state index in [9.17, 15) is 9.59 Å². The van der Waals surface area contributed by atoms with Gasteiger partial charge in [0, 0.05) is 17.6 Å². The first kappa shape index (κ1) is 19.1. The standard InChI is InChI=1S/C19H25N3O2S/c1-4-15-8-5-6-10-17(15)20-18(23)13-21(2)14-19(24)22(3)12-16-9-7-11-25-16/h5-11H,4,12-14H2,1-3H3,(H,20,23). The molecule has 0 spiro atoms. The highest BCUT2D eigenvalue weighted by molar-refractivity contribution is 7.09. The molecule has 25 heavy (non-hydrogen) atoms. The fourth-order valence-electron chi connectivity index (χ4n) is 2.52. The van der Waals surface area contributed by atoms with Crippen LogP contribution in [0, 0.1) is 0 Å². The van der Waals surface area contributed by atoms with Gasteiger partial charge in [-0.05, 0) is 36.5 Å². The lowest BCUT2D eigenvalue weighted by atomic mass is 10.1. The number of benzene rings is 1. The molecule has 0 aliphatic rings. The average Bonchev–Trinajstić information content (AvgIpc) is 3.07. The molecule has 1 heterocycles. The maximum atomic E-state index is 12.3. The van der Waals surface area contributed by atoms with Crippen LogP contribution in [0.3, 0.4) is 0 Å². The van der Waals surface area contributed by atoms with Gasteiger partial charge in [0.1, 0.15) is 0 Å². The second-order valence-corrected chi connectivity index (χ2v) is 7.09. The van der Waals surface area contributed by atoms with E-state index in [0.29, 0.717) is 6.54 Å². The van der Waals surface area contributed by atoms with Crippen LogP contribution in [0.4, 0.5) is 5.69 Å². The van der Waals surface area contributed by atoms with Crippen molar-refractivity contribution in [2.75, 3.05) is 32.5 Å². The second-order valence-electron chi connectivity index (χ2n) is 6.06. The van der Waals surface area contributed by atoms with Gasteiger partial charge in [-0.3, -0.25) is 14.5 Å². The fraction of sp³-hybridized carbons (Fsp3) is 0.368. The Labute approximate surface area is 153 Å². The van der Waals surface area contributed by atoms with E-state index in [4.69, 9.17) is 0 Å². The minimum absolute atomic E-state index is 0.00217. The molecule has 0 saturated carbocycles. The molecule has 1 aromatic carbocycles. The molecule has 0 fully saturated rings. The van der Waals surface area contributed by atoms with E-state index in [1.807, 2.05) is 41.8 Å². The predicted molar refractivity (Wildman–Crippen MR) is 103 cm³/mol. The lowest BCUT2D eigenvalue weighted by molar-refractivity contribution is -0.131. The molecule has 2 rings (SSSR count). The van der Waals surface area contributed by atoms with Crippen molar-refractivity contribution >= 4 is 28.8 Å². The van der Waals surface area contributed by atoms with Crippen LogP contribution in [0.15, 0.2) is 41.8 Å². The molecule has 0 unspecified atom stereocenters. The zero-order chi connectivity index (χ0) is 18.2. The van der Waals surface area contributed by atoms with Gasteiger partial charge >= 0.3 is 0 Å². The number of aryl methyl sites for hydroxylation is 1. The maximum absolute atomic E-state index is 12.3. The average molecular weight is 359 g/mol. The molecule has 1 aromatic heterocycles. The molecular formula is C19H25N3O2S. The molecular weight excluding hydrogens is 334 g/mol. The van der Waals surface area contributed by atoms with Crippen molar-refractivity contribution in [1.29, 1.82) is 0 Å². The van der Waals surface area contributed by atoms with E-state index in [0.717, 1.165) is 22.5 Å². The number of likely N-dealkylation sites (N-methyl/N-ethyl adjacent to an activating group) is 2. The number of hydrogen-bond acceptors (Lipinski definition) is 4. The van der Waals surface area contributed by atoms with Crippen molar-refractivity contribution in [1.82, 2.24) is 9.80 Å². The van der Waals surface area contributed by atoms with Crippen LogP contribution in [0.5, 0.6) is 0 Å². The van der Waals surface area contributed by atoms with E-state index in [1.54, 1.807) is 35.2 Å². The summed E-state index contributed by atoms with van der Waals surface area (Å²) < 4.78 is 0. The molecule has 0 aliphatic carbocycles. The molecule has 0 radical (unpaired) electrons. The summed E-state index contributed by atoms with van der Waals surface area (Å²) in [6, 6.07) is 11.8. The summed E-state index contributed by atoms with van der Waals surface area (Å²) in [5.74, 6) is -0.116. The Morgan fingerprint density at radius 3 is 2.52 bits per heavy atom. The monoisotopic (exact) mass is 359 g/mol. The molecule has 134 valence electrons. The summed E-state index contributed by atoms with van der Waals surface area (Å²) in [6.45, 7) is 3.04. The van der Waals surface area contributed by atoms with E-state index < -0.39 is 0 Å². The highest BCUT2D eigenvalue weighted by atomic mass is 32.1. The number of anilines is 1. The van der Waals surface area contributed by atoms with Crippen LogP contribution >= 0.6 is 11.3 Å². The topological polar surface area (TPSA) is 52.7 Å². The SMILES string of the molecule is CCc1ccccc1NC(=O)CN(C)CC(=O)N(C)Cc1cccs1. The van der Waals surface area contributed by atoms with Gasteiger partial charge < -0.3 is 10.2 Å². The van der Waals surface area contributed by atoms with Gasteiger partial charge in [0.25, 0.3) is 0 Å². The number of nitrogens with one attached hydrogen (secondary N) is 1. The zero-order valence-corrected chi connectivity index (χ0v) is 15.8. The fourth-order valence-corrected chi connectivity index (χ4v) is 3.27. The van der Waals surface area contributed by atoms with Crippen LogP contribution < -0.4 is 5.32 Å². The molecule has 0 bridgehead atoms. The Bertz CT molecular complexity index is 700. The van der Waals surface area contributed by atoms with Gasteiger partial charge in [-0.1, -0.05) is 31.2 Å². The Kier molecular flexibility index (Phi) is 7.16. The minimum atomic E-state index is -0.114. The minimum Gasteiger partial charge on any atom is -0.340 e. The summed E-state index contributed by atoms with van der Waals surface area (Å²) in [4.78, 5) is 29.1. The number of thiophene rings is 1. The number of nitrogens with zero attached hydrogens (tertiary/aromatic N) is 2. The Balaban J connectivity index is 1.81. The van der Waals surface area contributed by atoms with Gasteiger partial charge in [-0.2, -0.15) is 0 Å². The highest BCUT2D eigenvalue weighted by Gasteiger charge is 2.15. The normalized spacial score (nSPS) is 10.7. The molecule has 0 saturated heterocycles. The van der Waals surface area contributed by atoms with Crippen molar-refractivity contribution in [2.24, 2.45) is 0 Å². The largest absolute Gasteiger partial charge is 0.340 e. The van der Waals surface area contributed by atoms with Gasteiger partial charge in [0.15, 0.2) is 0 Å². The summed E-state index contributed by atoms with van der Waals surface area (Å²) in [7, 11) is 3.57. The molecule has 6 heteroatoms. The molecule has 5 nitrogen and oxygen atoms in total. The van der Waals surface area contributed by atoms with E-state index in [2.05, 4.69) is 12.2 Å². The summed E-state index contributed by atoms with van der Waals surface area (Å²) >= 11 is 1.63. The number of carbonyl (C=O) groups excluding carboxylic acids is 2. The Hall–Kier alpha value is -2.18. The third-order valence-corrected chi connectivity index (χ3v) is 4.75. The van der Waals surface area contributed by atoms with Crippen molar-refractivity contribution in [2.45, 2.75) is 19.9 Å². The van der Waals surface area contributed by atoms with Crippen molar-refractivity contribution in [3.8, 4) is 0 Å². The van der Waals surface area contributed by atoms with Crippen LogP contribution in [-0.2, 0) is 22.6 Å². The van der Waals surface area contributed by atoms with Gasteiger partial charge in [-0.25, -0.2) is 0 Å². The molecule has 1 N–H and O–H groups in total. The van der Waals surface area contributed by atoms with E-state index >= 15 is 0 Å². The van der Waals surface area contributed by atoms with Crippen LogP contribution in [0.1, 0.15) is 17.4 Å². The third kappa shape index (κ3) is 5.99. The Morgan fingerprint density at radius 1 is 1.08 bits per heavy atom. The number of hydrogen-bond donors (Lipinski definition) is 1. The molecule has 2 aromatic rings. The number of carbonyl (C=O) groups is 2. The molecule has 2 amide bonds. The summed E-state index contributed by atoms with van der Waals surface area (Å²) in [5.41, 5.74) is 1.94. The van der Waals surface area contributed by atoms with E-state index in [-0.39, 0.29) is 24.9 Å². The quantitative estimate of drug-likeness (QED) is 0.788. The summed E-state index contributed by atoms with van der Waals surface area (Å²) in [5, 5.41) is 4.93. The Morgan fingerprint density at radius 2 is 1.84 bits per heavy atom. The first-order valence-corrected chi connectivity index (χ1v) is 9.20. The number of amides is 2. The van der Waals surface area contributed by atoms with Crippen LogP contribution in [0.25, 0.3) is 0 Å². The predicted octanol–water partition coefficient (Wildman–Crippen LogP) is 2.84. The number of para-hydroxylation sites is 1. The van der Waals surface area contributed by atoms with E-state index in [1.165, 1.54) is 0 Å². The van der Waals surface area contributed by atoms with Crippen molar-refractivity contribution < 1.29 is 9.59 Å².